The predicted octanol–water partition coefficient (Wildman–Crippen LogP) is 2.18. The number of carbonyl (C=O) groups is 2. The number of anilines is 1. The van der Waals surface area contributed by atoms with Gasteiger partial charge in [-0.05, 0) is 24.3 Å². The minimum absolute atomic E-state index is 0.0616. The highest BCUT2D eigenvalue weighted by molar-refractivity contribution is 5.97. The number of rotatable bonds is 5. The van der Waals surface area contributed by atoms with Gasteiger partial charge in [0.15, 0.2) is 0 Å². The third-order valence-corrected chi connectivity index (χ3v) is 3.42. The Morgan fingerprint density at radius 1 is 1.12 bits per heavy atom. The standard InChI is InChI=1S/C17H17F2N3O3/c1-20-16(24)12-8-10(6-7-14(12)19)22-17(25)21-9-15(23)11-4-2-3-5-13(11)18/h2-8,15,23H,9H2,1H3,(H,20,24)(H2,21,22,25)/t15-/m1/s1. The van der Waals surface area contributed by atoms with E-state index in [1.165, 1.54) is 37.4 Å². The van der Waals surface area contributed by atoms with Gasteiger partial charge in [-0.1, -0.05) is 18.2 Å². The smallest absolute Gasteiger partial charge is 0.319 e. The molecule has 2 aromatic rings. The molecule has 2 rings (SSSR count). The van der Waals surface area contributed by atoms with Crippen LogP contribution in [-0.4, -0.2) is 30.6 Å². The van der Waals surface area contributed by atoms with Crippen molar-refractivity contribution in [1.29, 1.82) is 0 Å². The first-order valence-corrected chi connectivity index (χ1v) is 7.41. The fraction of sp³-hybridized carbons (Fsp3) is 0.176. The molecule has 4 N–H and O–H groups in total. The number of hydrogen-bond acceptors (Lipinski definition) is 3. The Labute approximate surface area is 142 Å². The molecule has 0 aromatic heterocycles. The van der Waals surface area contributed by atoms with Crippen LogP contribution < -0.4 is 16.0 Å². The van der Waals surface area contributed by atoms with Gasteiger partial charge in [-0.2, -0.15) is 0 Å². The van der Waals surface area contributed by atoms with E-state index < -0.39 is 29.7 Å². The van der Waals surface area contributed by atoms with Gasteiger partial charge in [-0.25, -0.2) is 13.6 Å². The molecule has 3 amide bonds. The van der Waals surface area contributed by atoms with Crippen LogP contribution >= 0.6 is 0 Å². The Bertz CT molecular complexity index is 783. The molecule has 0 aliphatic rings. The van der Waals surface area contributed by atoms with Crippen molar-refractivity contribution >= 4 is 17.6 Å². The second-order valence-electron chi connectivity index (χ2n) is 5.15. The number of hydrogen-bond donors (Lipinski definition) is 4. The summed E-state index contributed by atoms with van der Waals surface area (Å²) in [6, 6.07) is 8.51. The molecule has 0 radical (unpaired) electrons. The molecule has 0 saturated carbocycles. The molecular formula is C17H17F2N3O3. The Morgan fingerprint density at radius 2 is 1.84 bits per heavy atom. The molecule has 0 fully saturated rings. The molecule has 132 valence electrons. The van der Waals surface area contributed by atoms with Gasteiger partial charge in [0.05, 0.1) is 11.7 Å². The number of carbonyl (C=O) groups excluding carboxylic acids is 2. The molecule has 0 aliphatic heterocycles. The number of benzene rings is 2. The highest BCUT2D eigenvalue weighted by Crippen LogP contribution is 2.16. The second-order valence-corrected chi connectivity index (χ2v) is 5.15. The van der Waals surface area contributed by atoms with E-state index in [4.69, 9.17) is 0 Å². The molecule has 1 atom stereocenters. The van der Waals surface area contributed by atoms with E-state index in [1.54, 1.807) is 6.07 Å². The van der Waals surface area contributed by atoms with Crippen molar-refractivity contribution in [3.8, 4) is 0 Å². The zero-order valence-electron chi connectivity index (χ0n) is 13.3. The topological polar surface area (TPSA) is 90.5 Å². The summed E-state index contributed by atoms with van der Waals surface area (Å²) in [6.07, 6.45) is -1.22. The number of halogens is 2. The lowest BCUT2D eigenvalue weighted by molar-refractivity contribution is 0.0959. The highest BCUT2D eigenvalue weighted by atomic mass is 19.1. The lowest BCUT2D eigenvalue weighted by atomic mass is 10.1. The second kappa shape index (κ2) is 8.20. The summed E-state index contributed by atoms with van der Waals surface area (Å²) in [7, 11) is 1.36. The van der Waals surface area contributed by atoms with Crippen molar-refractivity contribution in [1.82, 2.24) is 10.6 Å². The molecule has 8 heteroatoms. The van der Waals surface area contributed by atoms with Crippen LogP contribution in [0.3, 0.4) is 0 Å². The summed E-state index contributed by atoms with van der Waals surface area (Å²) in [6.45, 7) is -0.226. The molecule has 0 heterocycles. The number of urea groups is 1. The van der Waals surface area contributed by atoms with Gasteiger partial charge in [0.1, 0.15) is 11.6 Å². The zero-order chi connectivity index (χ0) is 18.4. The quantitative estimate of drug-likeness (QED) is 0.667. The van der Waals surface area contributed by atoms with Gasteiger partial charge in [0.25, 0.3) is 5.91 Å². The minimum Gasteiger partial charge on any atom is -0.386 e. The van der Waals surface area contributed by atoms with Crippen LogP contribution in [0.25, 0.3) is 0 Å². The maximum Gasteiger partial charge on any atom is 0.319 e. The van der Waals surface area contributed by atoms with E-state index in [-0.39, 0.29) is 23.4 Å². The summed E-state index contributed by atoms with van der Waals surface area (Å²) in [5, 5.41) is 17.0. The lowest BCUT2D eigenvalue weighted by Crippen LogP contribution is -2.32. The van der Waals surface area contributed by atoms with Gasteiger partial charge in [0.2, 0.25) is 0 Å². The van der Waals surface area contributed by atoms with Crippen molar-refractivity contribution < 1.29 is 23.5 Å². The first kappa shape index (κ1) is 18.3. The molecule has 6 nitrogen and oxygen atoms in total. The van der Waals surface area contributed by atoms with Gasteiger partial charge >= 0.3 is 6.03 Å². The van der Waals surface area contributed by atoms with E-state index in [0.29, 0.717) is 0 Å². The van der Waals surface area contributed by atoms with E-state index >= 15 is 0 Å². The van der Waals surface area contributed by atoms with E-state index in [1.807, 2.05) is 0 Å². The predicted molar refractivity (Wildman–Crippen MR) is 88.2 cm³/mol. The maximum atomic E-state index is 13.6. The number of aliphatic hydroxyl groups excluding tert-OH is 1. The van der Waals surface area contributed by atoms with Crippen molar-refractivity contribution in [3.63, 3.8) is 0 Å². The van der Waals surface area contributed by atoms with Gasteiger partial charge in [0, 0.05) is 24.8 Å². The summed E-state index contributed by atoms with van der Waals surface area (Å²) in [5.74, 6) is -1.93. The molecule has 25 heavy (non-hydrogen) atoms. The monoisotopic (exact) mass is 349 g/mol. The van der Waals surface area contributed by atoms with Crippen LogP contribution in [0.5, 0.6) is 0 Å². The first-order valence-electron chi connectivity index (χ1n) is 7.41. The molecular weight excluding hydrogens is 332 g/mol. The molecule has 0 saturated heterocycles. The molecule has 0 bridgehead atoms. The normalized spacial score (nSPS) is 11.5. The third-order valence-electron chi connectivity index (χ3n) is 3.42. The van der Waals surface area contributed by atoms with E-state index in [9.17, 15) is 23.5 Å². The zero-order valence-corrected chi connectivity index (χ0v) is 13.3. The van der Waals surface area contributed by atoms with Crippen molar-refractivity contribution in [2.45, 2.75) is 6.10 Å². The fourth-order valence-corrected chi connectivity index (χ4v) is 2.13. The van der Waals surface area contributed by atoms with Crippen LogP contribution in [-0.2, 0) is 0 Å². The van der Waals surface area contributed by atoms with Crippen LogP contribution in [0.1, 0.15) is 22.0 Å². The Kier molecular flexibility index (Phi) is 6.02. The maximum absolute atomic E-state index is 13.6. The average Bonchev–Trinajstić information content (AvgIpc) is 2.61. The summed E-state index contributed by atoms with van der Waals surface area (Å²) in [5.41, 5.74) is 0.0380. The third kappa shape index (κ3) is 4.74. The number of amides is 3. The van der Waals surface area contributed by atoms with Gasteiger partial charge in [-0.15, -0.1) is 0 Å². The SMILES string of the molecule is CNC(=O)c1cc(NC(=O)NC[C@@H](O)c2ccccc2F)ccc1F. The largest absolute Gasteiger partial charge is 0.386 e. The number of nitrogens with one attached hydrogen (secondary N) is 3. The van der Waals surface area contributed by atoms with Crippen molar-refractivity contribution in [2.24, 2.45) is 0 Å². The highest BCUT2D eigenvalue weighted by Gasteiger charge is 2.15. The number of aliphatic hydroxyl groups is 1. The van der Waals surface area contributed by atoms with Gasteiger partial charge in [-0.3, -0.25) is 4.79 Å². The first-order chi connectivity index (χ1) is 11.9. The van der Waals surface area contributed by atoms with Gasteiger partial charge < -0.3 is 21.1 Å². The van der Waals surface area contributed by atoms with Crippen LogP contribution in [0.2, 0.25) is 0 Å². The van der Waals surface area contributed by atoms with Crippen molar-refractivity contribution in [3.05, 3.63) is 65.2 Å². The molecule has 0 unspecified atom stereocenters. The van der Waals surface area contributed by atoms with Crippen LogP contribution in [0.15, 0.2) is 42.5 Å². The Balaban J connectivity index is 1.97. The lowest BCUT2D eigenvalue weighted by Gasteiger charge is -2.14. The minimum atomic E-state index is -1.22. The molecule has 0 aliphatic carbocycles. The average molecular weight is 349 g/mol. The molecule has 0 spiro atoms. The Hall–Kier alpha value is -3.00. The van der Waals surface area contributed by atoms with Crippen LogP contribution in [0.4, 0.5) is 19.3 Å². The summed E-state index contributed by atoms with van der Waals surface area (Å²) in [4.78, 5) is 23.4. The Morgan fingerprint density at radius 3 is 2.52 bits per heavy atom. The molecule has 2 aromatic carbocycles. The summed E-state index contributed by atoms with van der Waals surface area (Å²) >= 11 is 0. The van der Waals surface area contributed by atoms with Crippen LogP contribution in [0, 0.1) is 11.6 Å². The summed E-state index contributed by atoms with van der Waals surface area (Å²) < 4.78 is 27.1. The van der Waals surface area contributed by atoms with E-state index in [0.717, 1.165) is 6.07 Å². The van der Waals surface area contributed by atoms with E-state index in [2.05, 4.69) is 16.0 Å². The fourth-order valence-electron chi connectivity index (χ4n) is 2.13. The van der Waals surface area contributed by atoms with Crippen molar-refractivity contribution in [2.75, 3.05) is 18.9 Å².